The van der Waals surface area contributed by atoms with Crippen LogP contribution in [0.2, 0.25) is 0 Å². The first-order valence-electron chi connectivity index (χ1n) is 3.71. The van der Waals surface area contributed by atoms with Crippen molar-refractivity contribution in [2.24, 2.45) is 0 Å². The Morgan fingerprint density at radius 1 is 1.33 bits per heavy atom. The molecule has 65 valence electrons. The Hall–Kier alpha value is -0.830. The summed E-state index contributed by atoms with van der Waals surface area (Å²) in [7, 11) is -2.83. The predicted octanol–water partition coefficient (Wildman–Crippen LogP) is 1.07. The molecule has 0 aromatic heterocycles. The van der Waals surface area contributed by atoms with Crippen molar-refractivity contribution in [2.75, 3.05) is 12.0 Å². The van der Waals surface area contributed by atoms with Crippen molar-refractivity contribution >= 4 is 9.84 Å². The van der Waals surface area contributed by atoms with Gasteiger partial charge in [0.25, 0.3) is 0 Å². The van der Waals surface area contributed by atoms with E-state index in [1.807, 2.05) is 12.1 Å². The van der Waals surface area contributed by atoms with Gasteiger partial charge in [0.2, 0.25) is 0 Å². The van der Waals surface area contributed by atoms with Crippen molar-refractivity contribution in [2.45, 2.75) is 6.42 Å². The van der Waals surface area contributed by atoms with E-state index in [0.717, 1.165) is 5.56 Å². The molecule has 0 bridgehead atoms. The van der Waals surface area contributed by atoms with Gasteiger partial charge >= 0.3 is 0 Å². The molecule has 1 radical (unpaired) electrons. The van der Waals surface area contributed by atoms with Crippen molar-refractivity contribution in [1.82, 2.24) is 0 Å². The molecule has 2 nitrogen and oxygen atoms in total. The normalized spacial score (nSPS) is 11.4. The molecule has 0 aliphatic rings. The number of benzene rings is 1. The summed E-state index contributed by atoms with van der Waals surface area (Å²) in [5.74, 6) is 0.219. The van der Waals surface area contributed by atoms with Gasteiger partial charge in [-0.1, -0.05) is 24.3 Å². The van der Waals surface area contributed by atoms with Crippen LogP contribution in [0.3, 0.4) is 0 Å². The molecule has 1 aromatic rings. The molecule has 0 saturated heterocycles. The smallest absolute Gasteiger partial charge is 0.147 e. The third kappa shape index (κ3) is 3.53. The van der Waals surface area contributed by atoms with E-state index in [9.17, 15) is 8.42 Å². The fourth-order valence-electron chi connectivity index (χ4n) is 0.891. The van der Waals surface area contributed by atoms with Crippen LogP contribution in [-0.4, -0.2) is 20.4 Å². The largest absolute Gasteiger partial charge is 0.229 e. The van der Waals surface area contributed by atoms with Gasteiger partial charge in [0.05, 0.1) is 5.75 Å². The lowest BCUT2D eigenvalue weighted by atomic mass is 10.2. The van der Waals surface area contributed by atoms with Crippen LogP contribution in [0.25, 0.3) is 0 Å². The summed E-state index contributed by atoms with van der Waals surface area (Å²) in [6.07, 6.45) is 1.84. The van der Waals surface area contributed by atoms with E-state index in [0.29, 0.717) is 6.42 Å². The number of rotatable bonds is 3. The summed E-state index contributed by atoms with van der Waals surface area (Å²) >= 11 is 0. The zero-order valence-corrected chi connectivity index (χ0v) is 7.76. The van der Waals surface area contributed by atoms with Crippen LogP contribution in [0.5, 0.6) is 0 Å². The first-order chi connectivity index (χ1) is 5.58. The van der Waals surface area contributed by atoms with Gasteiger partial charge in [0, 0.05) is 6.26 Å². The molecule has 0 unspecified atom stereocenters. The van der Waals surface area contributed by atoms with Crippen LogP contribution in [-0.2, 0) is 16.3 Å². The van der Waals surface area contributed by atoms with Crippen LogP contribution < -0.4 is 0 Å². The second-order valence-electron chi connectivity index (χ2n) is 2.79. The monoisotopic (exact) mass is 183 g/mol. The van der Waals surface area contributed by atoms with Gasteiger partial charge in [-0.2, -0.15) is 0 Å². The SMILES string of the molecule is CS(=O)(=O)CCc1cc[c]cc1. The highest BCUT2D eigenvalue weighted by Gasteiger charge is 2.01. The summed E-state index contributed by atoms with van der Waals surface area (Å²) in [5, 5.41) is 0. The predicted molar refractivity (Wildman–Crippen MR) is 48.7 cm³/mol. The minimum atomic E-state index is -2.83. The number of hydrogen-bond donors (Lipinski definition) is 0. The summed E-state index contributed by atoms with van der Waals surface area (Å²) in [6, 6.07) is 10.2. The van der Waals surface area contributed by atoms with Crippen molar-refractivity contribution in [1.29, 1.82) is 0 Å². The van der Waals surface area contributed by atoms with E-state index < -0.39 is 9.84 Å². The van der Waals surface area contributed by atoms with Crippen LogP contribution in [0.15, 0.2) is 24.3 Å². The van der Waals surface area contributed by atoms with Crippen molar-refractivity contribution in [3.63, 3.8) is 0 Å². The van der Waals surface area contributed by atoms with E-state index in [4.69, 9.17) is 0 Å². The molecule has 12 heavy (non-hydrogen) atoms. The molecule has 3 heteroatoms. The average molecular weight is 183 g/mol. The first-order valence-corrected chi connectivity index (χ1v) is 5.77. The summed E-state index contributed by atoms with van der Waals surface area (Å²) in [4.78, 5) is 0. The third-order valence-electron chi connectivity index (χ3n) is 1.55. The Morgan fingerprint density at radius 2 is 1.92 bits per heavy atom. The molecule has 0 fully saturated rings. The van der Waals surface area contributed by atoms with Gasteiger partial charge in [0.1, 0.15) is 9.84 Å². The Labute approximate surface area is 73.2 Å². The van der Waals surface area contributed by atoms with Gasteiger partial charge in [-0.25, -0.2) is 8.42 Å². The summed E-state index contributed by atoms with van der Waals surface area (Å²) < 4.78 is 21.6. The number of hydrogen-bond acceptors (Lipinski definition) is 2. The minimum absolute atomic E-state index is 0.219. The molecule has 0 amide bonds. The van der Waals surface area contributed by atoms with E-state index in [-0.39, 0.29) is 5.75 Å². The highest BCUT2D eigenvalue weighted by atomic mass is 32.2. The first kappa shape index (κ1) is 9.26. The second-order valence-corrected chi connectivity index (χ2v) is 5.05. The highest BCUT2D eigenvalue weighted by Crippen LogP contribution is 2.00. The van der Waals surface area contributed by atoms with E-state index in [1.165, 1.54) is 6.26 Å². The molecule has 1 aromatic carbocycles. The standard InChI is InChI=1S/C9H11O2S/c1-12(10,11)8-7-9-5-3-2-4-6-9/h3-6H,7-8H2,1H3. The third-order valence-corrected chi connectivity index (χ3v) is 2.49. The minimum Gasteiger partial charge on any atom is -0.229 e. The fourth-order valence-corrected chi connectivity index (χ4v) is 1.50. The van der Waals surface area contributed by atoms with Gasteiger partial charge < -0.3 is 0 Å². The lowest BCUT2D eigenvalue weighted by Gasteiger charge is -1.97. The molecule has 0 aliphatic carbocycles. The zero-order chi connectivity index (χ0) is 9.03. The lowest BCUT2D eigenvalue weighted by molar-refractivity contribution is 0.601. The topological polar surface area (TPSA) is 34.1 Å². The van der Waals surface area contributed by atoms with E-state index in [2.05, 4.69) is 6.07 Å². The Balaban J connectivity index is 2.56. The molecule has 1 rings (SSSR count). The van der Waals surface area contributed by atoms with Crippen LogP contribution in [0.4, 0.5) is 0 Å². The highest BCUT2D eigenvalue weighted by molar-refractivity contribution is 7.90. The Morgan fingerprint density at radius 3 is 2.42 bits per heavy atom. The Kier molecular flexibility index (Phi) is 2.87. The molecule has 0 heterocycles. The maximum Gasteiger partial charge on any atom is 0.147 e. The van der Waals surface area contributed by atoms with Gasteiger partial charge in [-0.3, -0.25) is 0 Å². The van der Waals surface area contributed by atoms with Gasteiger partial charge in [0.15, 0.2) is 0 Å². The van der Waals surface area contributed by atoms with E-state index in [1.54, 1.807) is 12.1 Å². The van der Waals surface area contributed by atoms with Crippen molar-refractivity contribution in [3.05, 3.63) is 35.9 Å². The van der Waals surface area contributed by atoms with Crippen LogP contribution >= 0.6 is 0 Å². The molecule has 0 spiro atoms. The van der Waals surface area contributed by atoms with Crippen LogP contribution in [0.1, 0.15) is 5.56 Å². The van der Waals surface area contributed by atoms with Crippen LogP contribution in [0, 0.1) is 6.07 Å². The molecule has 0 saturated carbocycles. The maximum absolute atomic E-state index is 10.8. The quantitative estimate of drug-likeness (QED) is 0.702. The maximum atomic E-state index is 10.8. The van der Waals surface area contributed by atoms with Gasteiger partial charge in [-0.15, -0.1) is 0 Å². The fraction of sp³-hybridized carbons (Fsp3) is 0.333. The molecule has 0 aliphatic heterocycles. The van der Waals surface area contributed by atoms with Crippen molar-refractivity contribution in [3.8, 4) is 0 Å². The summed E-state index contributed by atoms with van der Waals surface area (Å²) in [6.45, 7) is 0. The lowest BCUT2D eigenvalue weighted by Crippen LogP contribution is -2.05. The van der Waals surface area contributed by atoms with Crippen molar-refractivity contribution < 1.29 is 8.42 Å². The average Bonchev–Trinajstić information content (AvgIpc) is 2.02. The zero-order valence-electron chi connectivity index (χ0n) is 6.95. The van der Waals surface area contributed by atoms with E-state index >= 15 is 0 Å². The van der Waals surface area contributed by atoms with Gasteiger partial charge in [-0.05, 0) is 18.1 Å². The molecular formula is C9H11O2S. The second kappa shape index (κ2) is 3.72. The molecular weight excluding hydrogens is 172 g/mol. The Bertz CT molecular complexity index is 327. The number of sulfone groups is 1. The number of aryl methyl sites for hydroxylation is 1. The molecule has 0 atom stereocenters. The molecule has 0 N–H and O–H groups in total. The summed E-state index contributed by atoms with van der Waals surface area (Å²) in [5.41, 5.74) is 1.04.